The number of halogens is 1. The summed E-state index contributed by atoms with van der Waals surface area (Å²) in [5, 5.41) is 4.24. The molecule has 0 aliphatic carbocycles. The molecule has 0 aliphatic heterocycles. The molecule has 0 spiro atoms. The molecule has 4 rings (SSSR count). The average Bonchev–Trinajstić information content (AvgIpc) is 2.72. The van der Waals surface area contributed by atoms with Gasteiger partial charge in [-0.15, -0.1) is 24.0 Å². The summed E-state index contributed by atoms with van der Waals surface area (Å²) in [5.74, 6) is 0. The van der Waals surface area contributed by atoms with E-state index in [1.807, 2.05) is 0 Å². The van der Waals surface area contributed by atoms with Crippen molar-refractivity contribution in [2.24, 2.45) is 0 Å². The van der Waals surface area contributed by atoms with Gasteiger partial charge >= 0.3 is 0 Å². The second-order valence-corrected chi connectivity index (χ2v) is 8.48. The van der Waals surface area contributed by atoms with Gasteiger partial charge in [0.25, 0.3) is 0 Å². The lowest BCUT2D eigenvalue weighted by molar-refractivity contribution is 1.21. The minimum atomic E-state index is -0.563. The predicted molar refractivity (Wildman–Crippen MR) is 130 cm³/mol. The number of benzene rings is 4. The Balaban J connectivity index is 0.00000210. The summed E-state index contributed by atoms with van der Waals surface area (Å²) < 4.78 is 0. The Morgan fingerprint density at radius 2 is 0.926 bits per heavy atom. The Hall–Kier alpha value is -1.96. The Morgan fingerprint density at radius 3 is 1.48 bits per heavy atom. The van der Waals surface area contributed by atoms with Crippen molar-refractivity contribution in [1.82, 2.24) is 0 Å². The summed E-state index contributed by atoms with van der Waals surface area (Å²) >= 11 is 0. The first kappa shape index (κ1) is 19.8. The van der Waals surface area contributed by atoms with Crippen molar-refractivity contribution in [2.75, 3.05) is 0 Å². The van der Waals surface area contributed by atoms with Crippen LogP contribution in [0.5, 0.6) is 0 Å². The van der Waals surface area contributed by atoms with E-state index in [4.69, 9.17) is 0 Å². The first-order valence-electron chi connectivity index (χ1n) is 8.94. The first-order chi connectivity index (χ1) is 12.9. The zero-order valence-electron chi connectivity index (χ0n) is 15.0. The van der Waals surface area contributed by atoms with Crippen molar-refractivity contribution < 1.29 is 0 Å². The van der Waals surface area contributed by atoms with E-state index in [0.29, 0.717) is 0 Å². The molecule has 0 aliphatic rings. The molecule has 0 bridgehead atoms. The van der Waals surface area contributed by atoms with Crippen molar-refractivity contribution in [1.29, 1.82) is 0 Å². The van der Waals surface area contributed by atoms with Gasteiger partial charge in [-0.05, 0) is 41.4 Å². The molecule has 0 fully saturated rings. The fraction of sp³-hybridized carbons (Fsp3) is 0.0400. The molecule has 0 unspecified atom stereocenters. The van der Waals surface area contributed by atoms with Crippen LogP contribution in [0.4, 0.5) is 0 Å². The number of hydrogen-bond donors (Lipinski definition) is 0. The second-order valence-electron chi connectivity index (χ2n) is 6.30. The summed E-state index contributed by atoms with van der Waals surface area (Å²) in [5.41, 5.74) is 2.77. The lowest BCUT2D eigenvalue weighted by Crippen LogP contribution is -2.23. The Kier molecular flexibility index (Phi) is 7.20. The van der Waals surface area contributed by atoms with E-state index in [2.05, 4.69) is 115 Å². The van der Waals surface area contributed by atoms with Crippen LogP contribution in [0.25, 0.3) is 0 Å². The van der Waals surface area contributed by atoms with Gasteiger partial charge in [-0.25, -0.2) is 0 Å². The predicted octanol–water partition coefficient (Wildman–Crippen LogP) is 5.65. The van der Waals surface area contributed by atoms with Gasteiger partial charge in [-0.1, -0.05) is 115 Å². The van der Waals surface area contributed by atoms with Crippen LogP contribution in [0.2, 0.25) is 0 Å². The van der Waals surface area contributed by atoms with Gasteiger partial charge in [-0.3, -0.25) is 0 Å². The number of hydrogen-bond acceptors (Lipinski definition) is 0. The standard InChI is InChI=1S/C25H21P.HI/c1-4-12-21(13-5-1)20-22-14-10-11-19-25(22)26(23-15-6-2-7-16-23)24-17-8-3-9-18-24;/h1-19H,20H2;1H. The van der Waals surface area contributed by atoms with Gasteiger partial charge in [0.15, 0.2) is 0 Å². The fourth-order valence-electron chi connectivity index (χ4n) is 3.28. The van der Waals surface area contributed by atoms with Crippen LogP contribution in [0.3, 0.4) is 0 Å². The molecule has 0 saturated heterocycles. The van der Waals surface area contributed by atoms with Gasteiger partial charge in [0.05, 0.1) is 0 Å². The topological polar surface area (TPSA) is 0 Å². The van der Waals surface area contributed by atoms with E-state index in [1.54, 1.807) is 0 Å². The van der Waals surface area contributed by atoms with Crippen LogP contribution >= 0.6 is 31.9 Å². The molecule has 27 heavy (non-hydrogen) atoms. The quantitative estimate of drug-likeness (QED) is 0.256. The zero-order chi connectivity index (χ0) is 17.6. The van der Waals surface area contributed by atoms with Crippen molar-refractivity contribution in [2.45, 2.75) is 6.42 Å². The van der Waals surface area contributed by atoms with Gasteiger partial charge in [-0.2, -0.15) is 0 Å². The van der Waals surface area contributed by atoms with E-state index in [9.17, 15) is 0 Å². The molecule has 4 aromatic carbocycles. The molecule has 0 heterocycles. The van der Waals surface area contributed by atoms with E-state index in [1.165, 1.54) is 27.0 Å². The average molecular weight is 480 g/mol. The van der Waals surface area contributed by atoms with E-state index in [0.717, 1.165) is 6.42 Å². The Labute approximate surface area is 180 Å². The minimum Gasteiger partial charge on any atom is -0.107 e. The lowest BCUT2D eigenvalue weighted by atomic mass is 10.1. The van der Waals surface area contributed by atoms with Gasteiger partial charge in [0.1, 0.15) is 0 Å². The Morgan fingerprint density at radius 1 is 0.481 bits per heavy atom. The molecule has 0 saturated carbocycles. The molecule has 2 heteroatoms. The summed E-state index contributed by atoms with van der Waals surface area (Å²) in [4.78, 5) is 0. The smallest absolute Gasteiger partial charge is 0.00192 e. The van der Waals surface area contributed by atoms with Gasteiger partial charge in [0.2, 0.25) is 0 Å². The van der Waals surface area contributed by atoms with Crippen LogP contribution < -0.4 is 15.9 Å². The third kappa shape index (κ3) is 4.86. The highest BCUT2D eigenvalue weighted by Crippen LogP contribution is 2.34. The highest BCUT2D eigenvalue weighted by molar-refractivity contribution is 14.0. The maximum atomic E-state index is 2.31. The normalized spacial score (nSPS) is 10.4. The van der Waals surface area contributed by atoms with E-state index >= 15 is 0 Å². The third-order valence-corrected chi connectivity index (χ3v) is 7.05. The van der Waals surface area contributed by atoms with Crippen molar-refractivity contribution >= 4 is 47.8 Å². The molecular formula is C25H22IP. The first-order valence-corrected chi connectivity index (χ1v) is 10.3. The largest absolute Gasteiger partial charge is 0.107 e. The Bertz CT molecular complexity index is 913. The maximum absolute atomic E-state index is 2.31. The monoisotopic (exact) mass is 480 g/mol. The minimum absolute atomic E-state index is 0. The molecule has 4 aromatic rings. The van der Waals surface area contributed by atoms with Crippen molar-refractivity contribution in [3.8, 4) is 0 Å². The highest BCUT2D eigenvalue weighted by Gasteiger charge is 2.19. The molecule has 0 atom stereocenters. The van der Waals surface area contributed by atoms with Crippen LogP contribution in [-0.2, 0) is 6.42 Å². The van der Waals surface area contributed by atoms with Crippen molar-refractivity contribution in [3.63, 3.8) is 0 Å². The van der Waals surface area contributed by atoms with Crippen LogP contribution in [0.15, 0.2) is 115 Å². The maximum Gasteiger partial charge on any atom is -0.00192 e. The van der Waals surface area contributed by atoms with Crippen molar-refractivity contribution in [3.05, 3.63) is 126 Å². The summed E-state index contributed by atoms with van der Waals surface area (Å²) in [6, 6.07) is 41.5. The molecule has 0 radical (unpaired) electrons. The highest BCUT2D eigenvalue weighted by atomic mass is 127. The molecule has 0 N–H and O–H groups in total. The van der Waals surface area contributed by atoms with Gasteiger partial charge < -0.3 is 0 Å². The second kappa shape index (κ2) is 9.82. The number of rotatable bonds is 5. The van der Waals surface area contributed by atoms with Crippen LogP contribution in [0, 0.1) is 0 Å². The molecule has 0 amide bonds. The summed E-state index contributed by atoms with van der Waals surface area (Å²) in [6.45, 7) is 0. The molecule has 134 valence electrons. The van der Waals surface area contributed by atoms with Crippen LogP contribution in [0.1, 0.15) is 11.1 Å². The SMILES string of the molecule is I.c1ccc(Cc2ccccc2P(c2ccccc2)c2ccccc2)cc1. The van der Waals surface area contributed by atoms with E-state index < -0.39 is 7.92 Å². The lowest BCUT2D eigenvalue weighted by Gasteiger charge is -2.22. The molecule has 0 nitrogen and oxygen atoms in total. The fourth-order valence-corrected chi connectivity index (χ4v) is 5.75. The summed E-state index contributed by atoms with van der Waals surface area (Å²) in [7, 11) is -0.563. The van der Waals surface area contributed by atoms with Crippen LogP contribution in [-0.4, -0.2) is 0 Å². The third-order valence-electron chi connectivity index (χ3n) is 4.50. The molecule has 0 aromatic heterocycles. The van der Waals surface area contributed by atoms with E-state index in [-0.39, 0.29) is 24.0 Å². The zero-order valence-corrected chi connectivity index (χ0v) is 18.3. The molecular weight excluding hydrogens is 458 g/mol. The van der Waals surface area contributed by atoms with Gasteiger partial charge in [0, 0.05) is 0 Å². The summed E-state index contributed by atoms with van der Waals surface area (Å²) in [6.07, 6.45) is 0.968.